The largest absolute Gasteiger partial charge is 0.458 e. The molecule has 0 spiro atoms. The first-order valence-corrected chi connectivity index (χ1v) is 19.9. The standard InChI is InChI=1S/C37H52O10Si/c1-10-48(11-2,12-3)47-27-19-28-37(20-43-28,46-23(6)39)32-30(45-34(42)24-16-14-13-15-17-24)25-18-26(40)21(4)29(35(25,7)8)31(44-22(5)38)33(41)36(27,32)9/h13-17,25-28,30-32,40H,10-12,18-20H2,1-9H3/t25?,26-,27-,28+,30+,31+,32-,36+,37-/m0/s1. The van der Waals surface area contributed by atoms with Crippen LogP contribution in [0.1, 0.15) is 85.5 Å². The third kappa shape index (κ3) is 5.68. The molecule has 2 bridgehead atoms. The Morgan fingerprint density at radius 1 is 0.958 bits per heavy atom. The first kappa shape index (κ1) is 36.4. The second kappa shape index (κ2) is 13.1. The summed E-state index contributed by atoms with van der Waals surface area (Å²) in [5.74, 6) is -3.75. The summed E-state index contributed by atoms with van der Waals surface area (Å²) in [6, 6.07) is 11.1. The van der Waals surface area contributed by atoms with Gasteiger partial charge in [0.15, 0.2) is 25.8 Å². The van der Waals surface area contributed by atoms with Gasteiger partial charge in [0.25, 0.3) is 0 Å². The van der Waals surface area contributed by atoms with Crippen LogP contribution in [0.25, 0.3) is 0 Å². The molecular formula is C37H52O10Si. The molecule has 3 fully saturated rings. The van der Waals surface area contributed by atoms with E-state index in [2.05, 4.69) is 20.8 Å². The zero-order chi connectivity index (χ0) is 35.4. The third-order valence-electron chi connectivity index (χ3n) is 12.3. The normalized spacial score (nSPS) is 35.6. The predicted octanol–water partition coefficient (Wildman–Crippen LogP) is 5.57. The van der Waals surface area contributed by atoms with Gasteiger partial charge in [-0.25, -0.2) is 4.79 Å². The number of hydrogen-bond donors (Lipinski definition) is 1. The number of fused-ring (bicyclic) bond motifs is 5. The smallest absolute Gasteiger partial charge is 0.338 e. The number of carbonyl (C=O) groups excluding carboxylic acids is 4. The van der Waals surface area contributed by atoms with E-state index in [9.17, 15) is 19.5 Å². The highest BCUT2D eigenvalue weighted by Gasteiger charge is 2.76. The molecule has 0 aromatic heterocycles. The number of ether oxygens (including phenoxy) is 4. The molecule has 5 rings (SSSR count). The zero-order valence-corrected chi connectivity index (χ0v) is 30.8. The molecule has 4 aliphatic rings. The van der Waals surface area contributed by atoms with Gasteiger partial charge in [-0.2, -0.15) is 0 Å². The molecule has 3 aliphatic carbocycles. The SMILES string of the molecule is CC[Si](CC)(CC)O[C@H]1C[C@H]2OC[C@@]2(OC(C)=O)[C@H]2[C@H](OC(=O)c3ccccc3)C3C[C@H](O)C(C)=C([C@@H](OC(C)=O)C(=O)[C@]12C)C3(C)C. The summed E-state index contributed by atoms with van der Waals surface area (Å²) in [6.45, 7) is 16.4. The van der Waals surface area contributed by atoms with E-state index in [1.54, 1.807) is 37.3 Å². The number of carbonyl (C=O) groups is 4. The minimum absolute atomic E-state index is 0.00947. The highest BCUT2D eigenvalue weighted by molar-refractivity contribution is 6.73. The van der Waals surface area contributed by atoms with Gasteiger partial charge in [-0.3, -0.25) is 14.4 Å². The summed E-state index contributed by atoms with van der Waals surface area (Å²) < 4.78 is 32.3. The first-order chi connectivity index (χ1) is 22.5. The van der Waals surface area contributed by atoms with Crippen LogP contribution in [0, 0.1) is 22.7 Å². The van der Waals surface area contributed by atoms with E-state index in [0.717, 1.165) is 18.1 Å². The van der Waals surface area contributed by atoms with E-state index in [0.29, 0.717) is 16.7 Å². The fraction of sp³-hybridized carbons (Fsp3) is 0.676. The van der Waals surface area contributed by atoms with Gasteiger partial charge in [0.2, 0.25) is 0 Å². The molecular weight excluding hydrogens is 632 g/mol. The van der Waals surface area contributed by atoms with Crippen LogP contribution in [-0.2, 0) is 37.8 Å². The minimum atomic E-state index is -2.40. The summed E-state index contributed by atoms with van der Waals surface area (Å²) in [5, 5.41) is 11.6. The molecule has 2 saturated carbocycles. The lowest BCUT2D eigenvalue weighted by molar-refractivity contribution is -0.334. The summed E-state index contributed by atoms with van der Waals surface area (Å²) in [7, 11) is -2.40. The van der Waals surface area contributed by atoms with Crippen molar-refractivity contribution >= 4 is 32.0 Å². The van der Waals surface area contributed by atoms with E-state index in [1.807, 2.05) is 20.8 Å². The van der Waals surface area contributed by atoms with E-state index >= 15 is 4.79 Å². The number of benzene rings is 1. The number of hydrogen-bond acceptors (Lipinski definition) is 10. The Hall–Kier alpha value is -2.86. The molecule has 1 unspecified atom stereocenters. The molecule has 1 N–H and O–H groups in total. The number of rotatable bonds is 9. The molecule has 1 saturated heterocycles. The van der Waals surface area contributed by atoms with Crippen molar-refractivity contribution < 1.29 is 47.7 Å². The second-order valence-corrected chi connectivity index (χ2v) is 19.7. The Morgan fingerprint density at radius 3 is 2.10 bits per heavy atom. The lowest BCUT2D eigenvalue weighted by atomic mass is 9.46. The maximum absolute atomic E-state index is 15.6. The number of ketones is 1. The van der Waals surface area contributed by atoms with Gasteiger partial charge < -0.3 is 28.5 Å². The van der Waals surface area contributed by atoms with Crippen LogP contribution in [0.3, 0.4) is 0 Å². The van der Waals surface area contributed by atoms with Crippen molar-refractivity contribution in [1.82, 2.24) is 0 Å². The van der Waals surface area contributed by atoms with Crippen molar-refractivity contribution in [2.45, 2.75) is 129 Å². The fourth-order valence-corrected chi connectivity index (χ4v) is 12.4. The number of aliphatic hydroxyl groups is 1. The summed E-state index contributed by atoms with van der Waals surface area (Å²) in [4.78, 5) is 55.4. The molecule has 1 aromatic carbocycles. The van der Waals surface area contributed by atoms with E-state index in [-0.39, 0.29) is 19.4 Å². The van der Waals surface area contributed by atoms with Gasteiger partial charge >= 0.3 is 17.9 Å². The summed E-state index contributed by atoms with van der Waals surface area (Å²) in [5.41, 5.74) is -2.34. The number of aliphatic hydroxyl groups excluding tert-OH is 1. The molecule has 48 heavy (non-hydrogen) atoms. The molecule has 0 amide bonds. The van der Waals surface area contributed by atoms with Crippen molar-refractivity contribution in [3.8, 4) is 0 Å². The first-order valence-electron chi connectivity index (χ1n) is 17.4. The van der Waals surface area contributed by atoms with Crippen LogP contribution in [0.5, 0.6) is 0 Å². The van der Waals surface area contributed by atoms with Crippen LogP contribution in [-0.4, -0.2) is 79.8 Å². The maximum atomic E-state index is 15.6. The van der Waals surface area contributed by atoms with E-state index in [4.69, 9.17) is 23.4 Å². The second-order valence-electron chi connectivity index (χ2n) is 15.0. The predicted molar refractivity (Wildman–Crippen MR) is 179 cm³/mol. The fourth-order valence-electron chi connectivity index (χ4n) is 9.43. The molecule has 9 atom stereocenters. The number of Topliss-reactive ketones (excluding diaryl/α,β-unsaturated/α-hetero) is 1. The maximum Gasteiger partial charge on any atom is 0.338 e. The Balaban J connectivity index is 1.84. The third-order valence-corrected chi connectivity index (χ3v) is 16.9. The average Bonchev–Trinajstić information content (AvgIpc) is 3.03. The van der Waals surface area contributed by atoms with Gasteiger partial charge in [0, 0.05) is 26.2 Å². The zero-order valence-electron chi connectivity index (χ0n) is 29.8. The van der Waals surface area contributed by atoms with Crippen molar-refractivity contribution in [2.75, 3.05) is 6.61 Å². The van der Waals surface area contributed by atoms with Gasteiger partial charge in [-0.05, 0) is 67.1 Å². The highest BCUT2D eigenvalue weighted by atomic mass is 28.4. The lowest BCUT2D eigenvalue weighted by Gasteiger charge is -2.67. The monoisotopic (exact) mass is 684 g/mol. The Morgan fingerprint density at radius 2 is 1.58 bits per heavy atom. The molecule has 10 nitrogen and oxygen atoms in total. The lowest BCUT2D eigenvalue weighted by Crippen LogP contribution is -2.80. The van der Waals surface area contributed by atoms with Gasteiger partial charge in [-0.1, -0.05) is 52.8 Å². The van der Waals surface area contributed by atoms with Gasteiger partial charge in [0.05, 0.1) is 35.7 Å². The minimum Gasteiger partial charge on any atom is -0.458 e. The van der Waals surface area contributed by atoms with E-state index in [1.165, 1.54) is 13.8 Å². The Labute approximate surface area is 285 Å². The van der Waals surface area contributed by atoms with Crippen molar-refractivity contribution in [3.63, 3.8) is 0 Å². The molecule has 264 valence electrons. The van der Waals surface area contributed by atoms with Crippen LogP contribution < -0.4 is 0 Å². The van der Waals surface area contributed by atoms with Gasteiger partial charge in [-0.15, -0.1) is 0 Å². The van der Waals surface area contributed by atoms with Crippen LogP contribution in [0.2, 0.25) is 18.1 Å². The van der Waals surface area contributed by atoms with E-state index < -0.39 is 90.8 Å². The summed E-state index contributed by atoms with van der Waals surface area (Å²) >= 11 is 0. The topological polar surface area (TPSA) is 135 Å². The number of esters is 3. The molecule has 11 heteroatoms. The molecule has 1 aromatic rings. The van der Waals surface area contributed by atoms with Crippen LogP contribution in [0.4, 0.5) is 0 Å². The Bertz CT molecular complexity index is 1460. The van der Waals surface area contributed by atoms with Crippen LogP contribution in [0.15, 0.2) is 41.5 Å². The van der Waals surface area contributed by atoms with Crippen molar-refractivity contribution in [2.24, 2.45) is 22.7 Å². The van der Waals surface area contributed by atoms with Gasteiger partial charge in [0.1, 0.15) is 12.2 Å². The summed E-state index contributed by atoms with van der Waals surface area (Å²) in [6.07, 6.45) is -4.26. The van der Waals surface area contributed by atoms with Crippen molar-refractivity contribution in [1.29, 1.82) is 0 Å². The quantitative estimate of drug-likeness (QED) is 0.152. The molecule has 1 heterocycles. The molecule has 1 aliphatic heterocycles. The highest BCUT2D eigenvalue weighted by Crippen LogP contribution is 2.64. The molecule has 0 radical (unpaired) electrons. The van der Waals surface area contributed by atoms with Crippen molar-refractivity contribution in [3.05, 3.63) is 47.0 Å². The van der Waals surface area contributed by atoms with Crippen LogP contribution >= 0.6 is 0 Å². The average molecular weight is 685 g/mol. The Kier molecular flexibility index (Phi) is 9.95.